The Morgan fingerprint density at radius 3 is 1.68 bits per heavy atom. The lowest BCUT2D eigenvalue weighted by molar-refractivity contribution is 1.62. The zero-order valence-corrected chi connectivity index (χ0v) is 13.7. The standard InChI is InChI=1S/C24H17N/c1-2-8-18-16-21(14-13-17(18)7-1)25-24-22-11-5-3-9-19(22)15-20-10-4-6-12-23(20)24/h1-16,25H. The first-order chi connectivity index (χ1) is 12.4. The molecule has 0 saturated carbocycles. The molecule has 5 aromatic carbocycles. The Balaban J connectivity index is 1.74. The van der Waals surface area contributed by atoms with Crippen LogP contribution in [-0.2, 0) is 0 Å². The average molecular weight is 319 g/mol. The SMILES string of the molecule is c1ccc2cc(Nc3c4ccccc4cc4ccccc34)ccc2c1. The number of anilines is 2. The minimum absolute atomic E-state index is 1.11. The molecule has 5 aromatic rings. The van der Waals surface area contributed by atoms with Gasteiger partial charge in [0.25, 0.3) is 0 Å². The van der Waals surface area contributed by atoms with E-state index in [1.54, 1.807) is 0 Å². The monoisotopic (exact) mass is 319 g/mol. The summed E-state index contributed by atoms with van der Waals surface area (Å²) in [7, 11) is 0. The van der Waals surface area contributed by atoms with E-state index in [1.165, 1.54) is 38.0 Å². The van der Waals surface area contributed by atoms with Gasteiger partial charge in [-0.1, -0.05) is 78.9 Å². The number of fused-ring (bicyclic) bond motifs is 3. The molecule has 0 aliphatic rings. The highest BCUT2D eigenvalue weighted by molar-refractivity contribution is 6.12. The molecule has 0 heterocycles. The zero-order chi connectivity index (χ0) is 16.6. The lowest BCUT2D eigenvalue weighted by atomic mass is 10.0. The molecule has 118 valence electrons. The molecule has 0 spiro atoms. The van der Waals surface area contributed by atoms with E-state index in [0.717, 1.165) is 5.69 Å². The van der Waals surface area contributed by atoms with Gasteiger partial charge in [0.05, 0.1) is 5.69 Å². The Morgan fingerprint density at radius 1 is 0.440 bits per heavy atom. The largest absolute Gasteiger partial charge is 0.354 e. The van der Waals surface area contributed by atoms with Gasteiger partial charge in [0.15, 0.2) is 0 Å². The summed E-state index contributed by atoms with van der Waals surface area (Å²) in [6, 6.07) is 34.4. The van der Waals surface area contributed by atoms with Crippen LogP contribution in [-0.4, -0.2) is 0 Å². The Labute approximate surface area is 146 Å². The second kappa shape index (κ2) is 5.64. The molecule has 0 saturated heterocycles. The summed E-state index contributed by atoms with van der Waals surface area (Å²) in [5.41, 5.74) is 2.28. The molecule has 1 N–H and O–H groups in total. The smallest absolute Gasteiger partial charge is 0.0543 e. The van der Waals surface area contributed by atoms with Crippen LogP contribution in [0.25, 0.3) is 32.3 Å². The molecule has 0 unspecified atom stereocenters. The summed E-state index contributed by atoms with van der Waals surface area (Å²) in [5.74, 6) is 0. The van der Waals surface area contributed by atoms with Crippen molar-refractivity contribution >= 4 is 43.7 Å². The normalized spacial score (nSPS) is 11.2. The fourth-order valence-corrected chi connectivity index (χ4v) is 3.56. The summed E-state index contributed by atoms with van der Waals surface area (Å²) < 4.78 is 0. The number of hydrogen-bond donors (Lipinski definition) is 1. The minimum Gasteiger partial charge on any atom is -0.354 e. The van der Waals surface area contributed by atoms with Crippen molar-refractivity contribution in [1.29, 1.82) is 0 Å². The fraction of sp³-hybridized carbons (Fsp3) is 0. The van der Waals surface area contributed by atoms with Crippen LogP contribution in [0, 0.1) is 0 Å². The molecule has 1 nitrogen and oxygen atoms in total. The van der Waals surface area contributed by atoms with Crippen molar-refractivity contribution in [2.24, 2.45) is 0 Å². The first-order valence-corrected chi connectivity index (χ1v) is 8.55. The van der Waals surface area contributed by atoms with Crippen LogP contribution >= 0.6 is 0 Å². The van der Waals surface area contributed by atoms with Gasteiger partial charge >= 0.3 is 0 Å². The molecule has 5 rings (SSSR count). The second-order valence-electron chi connectivity index (χ2n) is 6.38. The van der Waals surface area contributed by atoms with Crippen LogP contribution < -0.4 is 5.32 Å². The average Bonchev–Trinajstić information content (AvgIpc) is 2.68. The van der Waals surface area contributed by atoms with Gasteiger partial charge in [-0.15, -0.1) is 0 Å². The zero-order valence-electron chi connectivity index (χ0n) is 13.7. The molecule has 1 heteroatoms. The summed E-state index contributed by atoms with van der Waals surface area (Å²) in [6.07, 6.45) is 0. The highest BCUT2D eigenvalue weighted by Gasteiger charge is 2.08. The number of hydrogen-bond acceptors (Lipinski definition) is 1. The van der Waals surface area contributed by atoms with E-state index in [0.29, 0.717) is 0 Å². The van der Waals surface area contributed by atoms with Gasteiger partial charge in [0, 0.05) is 16.5 Å². The molecule has 0 fully saturated rings. The molecule has 0 amide bonds. The van der Waals surface area contributed by atoms with Crippen molar-refractivity contribution < 1.29 is 0 Å². The predicted molar refractivity (Wildman–Crippen MR) is 109 cm³/mol. The van der Waals surface area contributed by atoms with E-state index in [4.69, 9.17) is 0 Å². The summed E-state index contributed by atoms with van der Waals surface area (Å²) in [4.78, 5) is 0. The van der Waals surface area contributed by atoms with Crippen LogP contribution in [0.15, 0.2) is 97.1 Å². The van der Waals surface area contributed by atoms with Crippen molar-refractivity contribution in [3.8, 4) is 0 Å². The van der Waals surface area contributed by atoms with Crippen LogP contribution in [0.4, 0.5) is 11.4 Å². The van der Waals surface area contributed by atoms with Crippen LogP contribution in [0.3, 0.4) is 0 Å². The summed E-state index contributed by atoms with van der Waals surface area (Å²) >= 11 is 0. The topological polar surface area (TPSA) is 12.0 Å². The lowest BCUT2D eigenvalue weighted by Crippen LogP contribution is -1.93. The van der Waals surface area contributed by atoms with E-state index in [1.807, 2.05) is 0 Å². The van der Waals surface area contributed by atoms with Crippen LogP contribution in [0.5, 0.6) is 0 Å². The molecule has 0 radical (unpaired) electrons. The van der Waals surface area contributed by atoms with Crippen molar-refractivity contribution in [3.05, 3.63) is 97.1 Å². The van der Waals surface area contributed by atoms with Gasteiger partial charge in [-0.2, -0.15) is 0 Å². The quantitative estimate of drug-likeness (QED) is 0.349. The van der Waals surface area contributed by atoms with Gasteiger partial charge in [0.2, 0.25) is 0 Å². The van der Waals surface area contributed by atoms with E-state index in [-0.39, 0.29) is 0 Å². The molecular weight excluding hydrogens is 302 g/mol. The highest BCUT2D eigenvalue weighted by atomic mass is 14.9. The van der Waals surface area contributed by atoms with Crippen molar-refractivity contribution in [2.45, 2.75) is 0 Å². The summed E-state index contributed by atoms with van der Waals surface area (Å²) in [5, 5.41) is 11.2. The molecule has 0 atom stereocenters. The van der Waals surface area contributed by atoms with Gasteiger partial charge in [0.1, 0.15) is 0 Å². The van der Waals surface area contributed by atoms with Gasteiger partial charge < -0.3 is 5.32 Å². The first kappa shape index (κ1) is 14.1. The van der Waals surface area contributed by atoms with Crippen LogP contribution in [0.1, 0.15) is 0 Å². The molecule has 0 aromatic heterocycles. The maximum atomic E-state index is 3.68. The number of rotatable bonds is 2. The lowest BCUT2D eigenvalue weighted by Gasteiger charge is -2.14. The van der Waals surface area contributed by atoms with Gasteiger partial charge in [-0.25, -0.2) is 0 Å². The van der Waals surface area contributed by atoms with E-state index in [9.17, 15) is 0 Å². The van der Waals surface area contributed by atoms with E-state index in [2.05, 4.69) is 102 Å². The Kier molecular flexibility index (Phi) is 3.17. The number of nitrogens with one attached hydrogen (secondary N) is 1. The molecular formula is C24H17N. The predicted octanol–water partition coefficient (Wildman–Crippen LogP) is 6.89. The van der Waals surface area contributed by atoms with E-state index < -0.39 is 0 Å². The fourth-order valence-electron chi connectivity index (χ4n) is 3.56. The van der Waals surface area contributed by atoms with Crippen molar-refractivity contribution in [2.75, 3.05) is 5.32 Å². The summed E-state index contributed by atoms with van der Waals surface area (Å²) in [6.45, 7) is 0. The Bertz CT molecular complexity index is 1170. The Hall–Kier alpha value is -3.32. The third-order valence-corrected chi connectivity index (χ3v) is 4.79. The van der Waals surface area contributed by atoms with Gasteiger partial charge in [-0.05, 0) is 39.7 Å². The van der Waals surface area contributed by atoms with Crippen molar-refractivity contribution in [3.63, 3.8) is 0 Å². The molecule has 0 aliphatic carbocycles. The van der Waals surface area contributed by atoms with Crippen LogP contribution in [0.2, 0.25) is 0 Å². The minimum atomic E-state index is 1.11. The Morgan fingerprint density at radius 2 is 1.00 bits per heavy atom. The maximum absolute atomic E-state index is 3.68. The molecule has 0 bridgehead atoms. The van der Waals surface area contributed by atoms with Crippen molar-refractivity contribution in [1.82, 2.24) is 0 Å². The number of benzene rings is 5. The molecule has 0 aliphatic heterocycles. The highest BCUT2D eigenvalue weighted by Crippen LogP contribution is 2.35. The molecule has 25 heavy (non-hydrogen) atoms. The first-order valence-electron chi connectivity index (χ1n) is 8.55. The third-order valence-electron chi connectivity index (χ3n) is 4.79. The van der Waals surface area contributed by atoms with E-state index >= 15 is 0 Å². The third kappa shape index (κ3) is 2.41. The second-order valence-corrected chi connectivity index (χ2v) is 6.38. The maximum Gasteiger partial charge on any atom is 0.0543 e. The van der Waals surface area contributed by atoms with Gasteiger partial charge in [-0.3, -0.25) is 0 Å².